The molecule has 0 amide bonds. The summed E-state index contributed by atoms with van der Waals surface area (Å²) < 4.78 is 39.4. The van der Waals surface area contributed by atoms with Gasteiger partial charge in [-0.05, 0) is 26.0 Å². The average molecular weight is 303 g/mol. The van der Waals surface area contributed by atoms with Crippen LogP contribution in [0.15, 0.2) is 24.3 Å². The van der Waals surface area contributed by atoms with Crippen molar-refractivity contribution in [1.82, 2.24) is 5.32 Å². The monoisotopic (exact) mass is 303 g/mol. The van der Waals surface area contributed by atoms with Gasteiger partial charge in [-0.1, -0.05) is 18.2 Å². The number of halogens is 2. The number of alkyl halides is 2. The Morgan fingerprint density at radius 3 is 2.62 bits per heavy atom. The van der Waals surface area contributed by atoms with E-state index in [9.17, 15) is 8.78 Å². The first-order valence-electron chi connectivity index (χ1n) is 6.99. The van der Waals surface area contributed by atoms with Crippen LogP contribution >= 0.6 is 0 Å². The maximum atomic E-state index is 12.3. The van der Waals surface area contributed by atoms with E-state index in [2.05, 4.69) is 10.1 Å². The molecule has 1 aromatic rings. The highest BCUT2D eigenvalue weighted by Gasteiger charge is 2.13. The van der Waals surface area contributed by atoms with Crippen LogP contribution < -0.4 is 10.1 Å². The van der Waals surface area contributed by atoms with Crippen LogP contribution in [0.5, 0.6) is 5.75 Å². The van der Waals surface area contributed by atoms with Crippen LogP contribution in [0.2, 0.25) is 0 Å². The Labute approximate surface area is 124 Å². The summed E-state index contributed by atoms with van der Waals surface area (Å²) in [6, 6.07) is 6.74. The van der Waals surface area contributed by atoms with E-state index in [0.717, 1.165) is 18.5 Å². The molecule has 21 heavy (non-hydrogen) atoms. The van der Waals surface area contributed by atoms with E-state index in [1.54, 1.807) is 31.4 Å². The molecule has 6 heteroatoms. The highest BCUT2D eigenvalue weighted by Crippen LogP contribution is 2.26. The molecule has 4 nitrogen and oxygen atoms in total. The Hall–Kier alpha value is -1.24. The topological polar surface area (TPSA) is 39.7 Å². The molecule has 1 aromatic carbocycles. The molecule has 1 atom stereocenters. The van der Waals surface area contributed by atoms with E-state index < -0.39 is 6.61 Å². The summed E-state index contributed by atoms with van der Waals surface area (Å²) in [5.74, 6) is 0.212. The van der Waals surface area contributed by atoms with E-state index in [-0.39, 0.29) is 11.8 Å². The van der Waals surface area contributed by atoms with Crippen molar-refractivity contribution < 1.29 is 23.0 Å². The molecule has 0 aliphatic carbocycles. The summed E-state index contributed by atoms with van der Waals surface area (Å²) in [5.41, 5.74) is 0.720. The molecule has 0 saturated heterocycles. The molecule has 120 valence electrons. The van der Waals surface area contributed by atoms with Crippen molar-refractivity contribution >= 4 is 0 Å². The van der Waals surface area contributed by atoms with Crippen LogP contribution in [0.25, 0.3) is 0 Å². The fourth-order valence-corrected chi connectivity index (χ4v) is 1.89. The summed E-state index contributed by atoms with van der Waals surface area (Å²) >= 11 is 0. The summed E-state index contributed by atoms with van der Waals surface area (Å²) in [4.78, 5) is 0. The third-order valence-corrected chi connectivity index (χ3v) is 2.95. The average Bonchev–Trinajstić information content (AvgIpc) is 2.46. The van der Waals surface area contributed by atoms with Gasteiger partial charge >= 0.3 is 6.61 Å². The maximum absolute atomic E-state index is 12.3. The number of methoxy groups -OCH3 is 1. The van der Waals surface area contributed by atoms with Gasteiger partial charge in [-0.15, -0.1) is 0 Å². The van der Waals surface area contributed by atoms with Gasteiger partial charge in [0.15, 0.2) is 0 Å². The van der Waals surface area contributed by atoms with Crippen LogP contribution in [-0.4, -0.2) is 40.1 Å². The highest BCUT2D eigenvalue weighted by atomic mass is 19.3. The van der Waals surface area contributed by atoms with Gasteiger partial charge in [0.05, 0.1) is 13.2 Å². The number of benzene rings is 1. The number of ether oxygens (including phenoxy) is 3. The lowest BCUT2D eigenvalue weighted by atomic mass is 10.1. The van der Waals surface area contributed by atoms with Gasteiger partial charge < -0.3 is 19.5 Å². The van der Waals surface area contributed by atoms with Crippen molar-refractivity contribution in [2.75, 3.05) is 33.5 Å². The summed E-state index contributed by atoms with van der Waals surface area (Å²) in [6.45, 7) is 1.64. The Bertz CT molecular complexity index is 391. The quantitative estimate of drug-likeness (QED) is 0.638. The third kappa shape index (κ3) is 7.36. The van der Waals surface area contributed by atoms with Gasteiger partial charge in [0, 0.05) is 25.3 Å². The van der Waals surface area contributed by atoms with E-state index in [1.165, 1.54) is 0 Å². The standard InChI is InChI=1S/C15H23F2NO3/c1-12(18-8-5-9-20-11-10-19-2)13-6-3-4-7-14(13)21-15(16)17/h3-4,6-7,12,15,18H,5,8-11H2,1-2H3. The number of hydrogen-bond acceptors (Lipinski definition) is 4. The van der Waals surface area contributed by atoms with Gasteiger partial charge in [-0.3, -0.25) is 0 Å². The van der Waals surface area contributed by atoms with E-state index >= 15 is 0 Å². The number of para-hydroxylation sites is 1. The van der Waals surface area contributed by atoms with Crippen LogP contribution in [-0.2, 0) is 9.47 Å². The molecule has 0 aliphatic rings. The number of nitrogens with one attached hydrogen (secondary N) is 1. The molecule has 0 radical (unpaired) electrons. The predicted molar refractivity (Wildman–Crippen MR) is 76.8 cm³/mol. The second-order valence-electron chi connectivity index (χ2n) is 4.55. The normalized spacial score (nSPS) is 12.6. The molecule has 1 rings (SSSR count). The Morgan fingerprint density at radius 2 is 1.90 bits per heavy atom. The summed E-state index contributed by atoms with van der Waals surface area (Å²) in [5, 5.41) is 3.27. The fraction of sp³-hybridized carbons (Fsp3) is 0.600. The molecule has 0 aromatic heterocycles. The first-order chi connectivity index (χ1) is 10.1. The van der Waals surface area contributed by atoms with Gasteiger partial charge in [-0.2, -0.15) is 8.78 Å². The first-order valence-corrected chi connectivity index (χ1v) is 6.99. The molecule has 0 fully saturated rings. The minimum Gasteiger partial charge on any atom is -0.434 e. The fourth-order valence-electron chi connectivity index (χ4n) is 1.89. The highest BCUT2D eigenvalue weighted by molar-refractivity contribution is 5.35. The number of hydrogen-bond donors (Lipinski definition) is 1. The Morgan fingerprint density at radius 1 is 1.14 bits per heavy atom. The number of rotatable bonds is 11. The Kier molecular flexibility index (Phi) is 8.89. The molecule has 0 aliphatic heterocycles. The van der Waals surface area contributed by atoms with Crippen molar-refractivity contribution in [3.63, 3.8) is 0 Å². The van der Waals surface area contributed by atoms with Gasteiger partial charge in [-0.25, -0.2) is 0 Å². The molecular weight excluding hydrogens is 280 g/mol. The summed E-state index contributed by atoms with van der Waals surface area (Å²) in [7, 11) is 1.63. The molecule has 0 heterocycles. The molecule has 1 N–H and O–H groups in total. The Balaban J connectivity index is 2.33. The maximum Gasteiger partial charge on any atom is 0.387 e. The lowest BCUT2D eigenvalue weighted by molar-refractivity contribution is -0.0506. The van der Waals surface area contributed by atoms with E-state index in [1.807, 2.05) is 6.92 Å². The zero-order chi connectivity index (χ0) is 15.5. The smallest absolute Gasteiger partial charge is 0.387 e. The second-order valence-corrected chi connectivity index (χ2v) is 4.55. The van der Waals surface area contributed by atoms with Crippen LogP contribution in [0.4, 0.5) is 8.78 Å². The zero-order valence-electron chi connectivity index (χ0n) is 12.5. The SMILES string of the molecule is COCCOCCCNC(C)c1ccccc1OC(F)F. The molecular formula is C15H23F2NO3. The molecule has 1 unspecified atom stereocenters. The second kappa shape index (κ2) is 10.5. The van der Waals surface area contributed by atoms with Gasteiger partial charge in [0.2, 0.25) is 0 Å². The lowest BCUT2D eigenvalue weighted by Crippen LogP contribution is -2.22. The lowest BCUT2D eigenvalue weighted by Gasteiger charge is -2.18. The van der Waals surface area contributed by atoms with Gasteiger partial charge in [0.25, 0.3) is 0 Å². The summed E-state index contributed by atoms with van der Waals surface area (Å²) in [6.07, 6.45) is 0.839. The minimum atomic E-state index is -2.81. The molecule has 0 bridgehead atoms. The van der Waals surface area contributed by atoms with Crippen LogP contribution in [0, 0.1) is 0 Å². The minimum absolute atomic E-state index is 0.0704. The van der Waals surface area contributed by atoms with Crippen LogP contribution in [0.3, 0.4) is 0 Å². The van der Waals surface area contributed by atoms with Crippen molar-refractivity contribution in [2.24, 2.45) is 0 Å². The van der Waals surface area contributed by atoms with E-state index in [4.69, 9.17) is 9.47 Å². The van der Waals surface area contributed by atoms with E-state index in [0.29, 0.717) is 19.8 Å². The van der Waals surface area contributed by atoms with Crippen LogP contribution in [0.1, 0.15) is 24.9 Å². The van der Waals surface area contributed by atoms with Crippen molar-refractivity contribution in [3.8, 4) is 5.75 Å². The molecule has 0 saturated carbocycles. The van der Waals surface area contributed by atoms with Crippen molar-refractivity contribution in [2.45, 2.75) is 26.0 Å². The van der Waals surface area contributed by atoms with Gasteiger partial charge in [0.1, 0.15) is 5.75 Å². The molecule has 0 spiro atoms. The predicted octanol–water partition coefficient (Wildman–Crippen LogP) is 2.99. The first kappa shape index (κ1) is 17.8. The van der Waals surface area contributed by atoms with Crippen molar-refractivity contribution in [1.29, 1.82) is 0 Å². The zero-order valence-corrected chi connectivity index (χ0v) is 12.5. The third-order valence-electron chi connectivity index (χ3n) is 2.95. The van der Waals surface area contributed by atoms with Crippen molar-refractivity contribution in [3.05, 3.63) is 29.8 Å². The largest absolute Gasteiger partial charge is 0.434 e.